The van der Waals surface area contributed by atoms with Crippen LogP contribution in [0, 0.1) is 0 Å². The molecule has 0 unspecified atom stereocenters. The van der Waals surface area contributed by atoms with Crippen molar-refractivity contribution in [1.82, 2.24) is 15.0 Å². The maximum atomic E-state index is 4.76. The van der Waals surface area contributed by atoms with Crippen molar-refractivity contribution < 1.29 is 0 Å². The fraction of sp³-hybridized carbons (Fsp3) is 0.316. The van der Waals surface area contributed by atoms with Gasteiger partial charge < -0.3 is 0 Å². The molecular formula is C19H23N3Si. The summed E-state index contributed by atoms with van der Waals surface area (Å²) in [7, 11) is -1.55. The molecule has 0 amide bonds. The van der Waals surface area contributed by atoms with Crippen molar-refractivity contribution in [3.8, 4) is 11.4 Å². The van der Waals surface area contributed by atoms with Crippen molar-refractivity contribution >= 4 is 24.3 Å². The molecule has 3 rings (SSSR count). The molecule has 0 aliphatic rings. The monoisotopic (exact) mass is 321 g/mol. The Bertz CT molecular complexity index is 851. The lowest BCUT2D eigenvalue weighted by Gasteiger charge is -2.15. The van der Waals surface area contributed by atoms with Crippen molar-refractivity contribution in [2.75, 3.05) is 0 Å². The Morgan fingerprint density at radius 3 is 2.39 bits per heavy atom. The first-order chi connectivity index (χ1) is 10.9. The minimum atomic E-state index is -1.55. The Balaban J connectivity index is 2.21. The van der Waals surface area contributed by atoms with Crippen LogP contribution in [0.25, 0.3) is 22.2 Å². The van der Waals surface area contributed by atoms with Crippen molar-refractivity contribution in [2.24, 2.45) is 0 Å². The Morgan fingerprint density at radius 2 is 1.70 bits per heavy atom. The number of hydrogen-bond acceptors (Lipinski definition) is 3. The summed E-state index contributed by atoms with van der Waals surface area (Å²) in [5.41, 5.74) is 3.38. The van der Waals surface area contributed by atoms with Crippen molar-refractivity contribution in [3.05, 3.63) is 48.3 Å². The van der Waals surface area contributed by atoms with Gasteiger partial charge in [0.2, 0.25) is 0 Å². The van der Waals surface area contributed by atoms with Crippen molar-refractivity contribution in [3.63, 3.8) is 0 Å². The van der Waals surface area contributed by atoms with Gasteiger partial charge in [-0.3, -0.25) is 0 Å². The summed E-state index contributed by atoms with van der Waals surface area (Å²) in [6.07, 6.45) is 1.65. The molecule has 0 aliphatic heterocycles. The highest BCUT2D eigenvalue weighted by Crippen LogP contribution is 2.30. The molecular weight excluding hydrogens is 298 g/mol. The van der Waals surface area contributed by atoms with Crippen LogP contribution in [0.3, 0.4) is 0 Å². The predicted molar refractivity (Wildman–Crippen MR) is 99.8 cm³/mol. The summed E-state index contributed by atoms with van der Waals surface area (Å²) in [6, 6.07) is 12.9. The number of nitrogens with zero attached hydrogens (tertiary/aromatic N) is 3. The molecule has 0 saturated carbocycles. The fourth-order valence-electron chi connectivity index (χ4n) is 2.74. The van der Waals surface area contributed by atoms with Gasteiger partial charge in [0.15, 0.2) is 5.82 Å². The van der Waals surface area contributed by atoms with Crippen LogP contribution in [0.5, 0.6) is 0 Å². The second-order valence-corrected chi connectivity index (χ2v) is 12.3. The zero-order chi connectivity index (χ0) is 16.6. The van der Waals surface area contributed by atoms with Gasteiger partial charge in [-0.15, -0.1) is 0 Å². The molecule has 0 atom stereocenters. The molecule has 2 aromatic carbocycles. The highest BCUT2D eigenvalue weighted by atomic mass is 28.3. The smallest absolute Gasteiger partial charge is 0.162 e. The first kappa shape index (κ1) is 15.8. The summed E-state index contributed by atoms with van der Waals surface area (Å²) in [5.74, 6) is 1.24. The lowest BCUT2D eigenvalue weighted by molar-refractivity contribution is 0.876. The highest BCUT2D eigenvalue weighted by molar-refractivity contribution is 6.87. The maximum absolute atomic E-state index is 4.76. The van der Waals surface area contributed by atoms with Gasteiger partial charge in [-0.1, -0.05) is 57.8 Å². The van der Waals surface area contributed by atoms with Crippen molar-refractivity contribution in [2.45, 2.75) is 39.4 Å². The minimum absolute atomic E-state index is 0.457. The second kappa shape index (κ2) is 5.85. The van der Waals surface area contributed by atoms with E-state index in [2.05, 4.69) is 79.9 Å². The third kappa shape index (κ3) is 3.17. The third-order valence-electron chi connectivity index (χ3n) is 4.02. The molecule has 3 aromatic rings. The zero-order valence-electron chi connectivity index (χ0n) is 14.5. The lowest BCUT2D eigenvalue weighted by atomic mass is 9.93. The highest BCUT2D eigenvalue weighted by Gasteiger charge is 2.21. The molecule has 0 spiro atoms. The van der Waals surface area contributed by atoms with E-state index in [0.717, 1.165) is 16.8 Å². The van der Waals surface area contributed by atoms with Crippen LogP contribution < -0.4 is 5.45 Å². The molecule has 0 bridgehead atoms. The predicted octanol–water partition coefficient (Wildman–Crippen LogP) is 4.36. The topological polar surface area (TPSA) is 38.7 Å². The second-order valence-electron chi connectivity index (χ2n) is 7.32. The van der Waals surface area contributed by atoms with Gasteiger partial charge in [0.05, 0.1) is 0 Å². The van der Waals surface area contributed by atoms with Gasteiger partial charge in [-0.2, -0.15) is 0 Å². The minimum Gasteiger partial charge on any atom is -0.227 e. The Hall–Kier alpha value is -2.07. The number of rotatable bonds is 3. The summed E-state index contributed by atoms with van der Waals surface area (Å²) < 4.78 is 0. The standard InChI is InChI=1S/C19H23N3Si/c1-13(2)17-11-15(10-14-8-6-7-9-16(14)17)18-20-12-21-19(22-18)23(3,4)5/h6-13H,1-5H3. The average Bonchev–Trinajstić information content (AvgIpc) is 2.53. The molecule has 3 nitrogen and oxygen atoms in total. The number of hydrogen-bond donors (Lipinski definition) is 0. The van der Waals surface area contributed by atoms with Crippen LogP contribution in [0.15, 0.2) is 42.7 Å². The molecule has 1 heterocycles. The van der Waals surface area contributed by atoms with E-state index in [1.54, 1.807) is 6.33 Å². The molecule has 1 aromatic heterocycles. The molecule has 4 heteroatoms. The van der Waals surface area contributed by atoms with E-state index in [0.29, 0.717) is 5.92 Å². The Kier molecular flexibility index (Phi) is 4.02. The normalized spacial score (nSPS) is 12.1. The van der Waals surface area contributed by atoms with Gasteiger partial charge in [0, 0.05) is 5.56 Å². The van der Waals surface area contributed by atoms with Crippen LogP contribution in [-0.4, -0.2) is 23.0 Å². The van der Waals surface area contributed by atoms with E-state index < -0.39 is 8.07 Å². The van der Waals surface area contributed by atoms with E-state index in [1.165, 1.54) is 16.3 Å². The van der Waals surface area contributed by atoms with Crippen LogP contribution in [0.1, 0.15) is 25.3 Å². The van der Waals surface area contributed by atoms with Gasteiger partial charge in [0.1, 0.15) is 19.8 Å². The van der Waals surface area contributed by atoms with E-state index in [-0.39, 0.29) is 0 Å². The zero-order valence-corrected chi connectivity index (χ0v) is 15.5. The lowest BCUT2D eigenvalue weighted by Crippen LogP contribution is -2.42. The molecule has 0 saturated heterocycles. The average molecular weight is 322 g/mol. The first-order valence-corrected chi connectivity index (χ1v) is 11.6. The van der Waals surface area contributed by atoms with E-state index in [1.807, 2.05) is 0 Å². The quantitative estimate of drug-likeness (QED) is 0.673. The summed E-state index contributed by atoms with van der Waals surface area (Å²) in [4.78, 5) is 13.6. The van der Waals surface area contributed by atoms with Gasteiger partial charge in [-0.05, 0) is 34.4 Å². The molecule has 0 aliphatic carbocycles. The van der Waals surface area contributed by atoms with Crippen LogP contribution in [0.2, 0.25) is 19.6 Å². The first-order valence-electron chi connectivity index (χ1n) is 8.09. The van der Waals surface area contributed by atoms with Crippen LogP contribution in [0.4, 0.5) is 0 Å². The molecule has 118 valence electrons. The molecule has 0 fully saturated rings. The molecule has 0 radical (unpaired) electrons. The largest absolute Gasteiger partial charge is 0.227 e. The number of fused-ring (bicyclic) bond motifs is 1. The van der Waals surface area contributed by atoms with E-state index >= 15 is 0 Å². The summed E-state index contributed by atoms with van der Waals surface area (Å²) >= 11 is 0. The van der Waals surface area contributed by atoms with Crippen LogP contribution >= 0.6 is 0 Å². The van der Waals surface area contributed by atoms with Gasteiger partial charge >= 0.3 is 0 Å². The van der Waals surface area contributed by atoms with E-state index in [9.17, 15) is 0 Å². The summed E-state index contributed by atoms with van der Waals surface area (Å²) in [6.45, 7) is 11.2. The Labute approximate surface area is 138 Å². The number of aromatic nitrogens is 3. The molecule has 23 heavy (non-hydrogen) atoms. The SMILES string of the molecule is CC(C)c1cc(-c2ncnc([Si](C)(C)C)n2)cc2ccccc12. The van der Waals surface area contributed by atoms with E-state index in [4.69, 9.17) is 4.98 Å². The number of benzene rings is 2. The van der Waals surface area contributed by atoms with Crippen molar-refractivity contribution in [1.29, 1.82) is 0 Å². The molecule has 0 N–H and O–H groups in total. The van der Waals surface area contributed by atoms with Crippen LogP contribution in [-0.2, 0) is 0 Å². The van der Waals surface area contributed by atoms with Gasteiger partial charge in [-0.25, -0.2) is 15.0 Å². The van der Waals surface area contributed by atoms with Gasteiger partial charge in [0.25, 0.3) is 0 Å². The summed E-state index contributed by atoms with van der Waals surface area (Å²) in [5, 5.41) is 2.55. The fourth-order valence-corrected chi connectivity index (χ4v) is 3.63. The Morgan fingerprint density at radius 1 is 0.957 bits per heavy atom. The third-order valence-corrected chi connectivity index (χ3v) is 5.60. The maximum Gasteiger partial charge on any atom is 0.162 e.